The molecule has 0 spiro atoms. The number of hydrogen-bond acceptors (Lipinski definition) is 6. The van der Waals surface area contributed by atoms with Gasteiger partial charge in [0.25, 0.3) is 0 Å². The highest BCUT2D eigenvalue weighted by atomic mass is 16.3. The van der Waals surface area contributed by atoms with Crippen LogP contribution in [0.15, 0.2) is 0 Å². The van der Waals surface area contributed by atoms with E-state index in [1.165, 1.54) is 44.9 Å². The van der Waals surface area contributed by atoms with E-state index in [9.17, 15) is 19.5 Å². The molecule has 0 unspecified atom stereocenters. The number of nitrogens with zero attached hydrogens (tertiary/aromatic N) is 2. The molecule has 1 saturated heterocycles. The predicted octanol–water partition coefficient (Wildman–Crippen LogP) is 3.69. The van der Waals surface area contributed by atoms with Crippen LogP contribution in [0.4, 0.5) is 0 Å². The smallest absolute Gasteiger partial charge is 0.243 e. The number of carbonyl (C=O) groups is 3. The molecule has 0 bridgehead atoms. The summed E-state index contributed by atoms with van der Waals surface area (Å²) in [7, 11) is 3.65. The topological polar surface area (TPSA) is 114 Å². The number of β-amino-alcohol motifs (C(OH)–C–C–N with tert-alkyl or cyclic N) is 1. The minimum Gasteiger partial charge on any atom is -0.390 e. The Morgan fingerprint density at radius 2 is 1.49 bits per heavy atom. The Labute approximate surface area is 261 Å². The van der Waals surface area contributed by atoms with Gasteiger partial charge in [0.2, 0.25) is 17.7 Å². The average Bonchev–Trinajstić information content (AvgIpc) is 2.89. The fourth-order valence-corrected chi connectivity index (χ4v) is 7.52. The standard InChI is InChI=1S/C34H63N5O4/c1-33(2,3)30(36-29(41)22-38(7)8)32(43)35-26(18-23-14-10-9-11-15-23)28(40)21-39-20-25-17-13-12-16-24(25)19-27(39)31(42)37-34(4,5)6/h23-28,30,40H,9-22H2,1-8H3,(H,35,43)(H,36,41)(H,37,42)/t24-,25+,26-,27-,28+,30+/m0/s1. The van der Waals surface area contributed by atoms with E-state index in [0.29, 0.717) is 30.7 Å². The molecule has 3 aliphatic rings. The Morgan fingerprint density at radius 3 is 2.07 bits per heavy atom. The molecule has 248 valence electrons. The summed E-state index contributed by atoms with van der Waals surface area (Å²) in [5, 5.41) is 21.2. The van der Waals surface area contributed by atoms with Crippen LogP contribution in [-0.2, 0) is 14.4 Å². The zero-order valence-corrected chi connectivity index (χ0v) is 28.5. The average molecular weight is 606 g/mol. The second-order valence-electron chi connectivity index (χ2n) is 16.3. The predicted molar refractivity (Wildman–Crippen MR) is 172 cm³/mol. The van der Waals surface area contributed by atoms with Crippen LogP contribution in [0.2, 0.25) is 0 Å². The van der Waals surface area contributed by atoms with Crippen LogP contribution >= 0.6 is 0 Å². The van der Waals surface area contributed by atoms with Crippen LogP contribution in [0.3, 0.4) is 0 Å². The second-order valence-corrected chi connectivity index (χ2v) is 16.3. The lowest BCUT2D eigenvalue weighted by Crippen LogP contribution is -2.62. The van der Waals surface area contributed by atoms with Gasteiger partial charge in [0.05, 0.1) is 24.7 Å². The highest BCUT2D eigenvalue weighted by molar-refractivity contribution is 5.89. The van der Waals surface area contributed by atoms with Crippen molar-refractivity contribution in [2.45, 2.75) is 142 Å². The Bertz CT molecular complexity index is 921. The normalized spacial score (nSPS) is 26.2. The highest BCUT2D eigenvalue weighted by Crippen LogP contribution is 2.39. The summed E-state index contributed by atoms with van der Waals surface area (Å²) < 4.78 is 0. The molecular weight excluding hydrogens is 542 g/mol. The lowest BCUT2D eigenvalue weighted by Gasteiger charge is -2.47. The Hall–Kier alpha value is -1.71. The number of piperidine rings is 1. The van der Waals surface area contributed by atoms with Gasteiger partial charge in [-0.3, -0.25) is 19.3 Å². The molecule has 1 aliphatic heterocycles. The molecule has 43 heavy (non-hydrogen) atoms. The van der Waals surface area contributed by atoms with Gasteiger partial charge in [0, 0.05) is 18.6 Å². The van der Waals surface area contributed by atoms with E-state index in [1.54, 1.807) is 4.90 Å². The summed E-state index contributed by atoms with van der Waals surface area (Å²) in [6, 6.07) is -1.47. The van der Waals surface area contributed by atoms with Gasteiger partial charge in [-0.05, 0) is 77.3 Å². The van der Waals surface area contributed by atoms with Gasteiger partial charge >= 0.3 is 0 Å². The molecule has 0 radical (unpaired) electrons. The number of fused-ring (bicyclic) bond motifs is 1. The lowest BCUT2D eigenvalue weighted by atomic mass is 9.72. The van der Waals surface area contributed by atoms with Gasteiger partial charge in [-0.1, -0.05) is 72.1 Å². The van der Waals surface area contributed by atoms with Crippen molar-refractivity contribution in [2.24, 2.45) is 23.2 Å². The Balaban J connectivity index is 1.81. The van der Waals surface area contributed by atoms with Crippen LogP contribution in [0.25, 0.3) is 0 Å². The van der Waals surface area contributed by atoms with Gasteiger partial charge in [0.1, 0.15) is 6.04 Å². The van der Waals surface area contributed by atoms with Crippen LogP contribution in [0.1, 0.15) is 112 Å². The SMILES string of the molecule is CN(C)CC(=O)N[C@H](C(=O)N[C@@H](CC1CCCCC1)[C@H](O)CN1C[C@H]2CCCC[C@H]2C[C@H]1C(=O)NC(C)(C)C)C(C)(C)C. The second kappa shape index (κ2) is 15.5. The number of aliphatic hydroxyl groups is 1. The van der Waals surface area contributed by atoms with E-state index in [0.717, 1.165) is 25.8 Å². The van der Waals surface area contributed by atoms with Crippen LogP contribution < -0.4 is 16.0 Å². The summed E-state index contributed by atoms with van der Waals surface area (Å²) in [5.41, 5.74) is -0.841. The van der Waals surface area contributed by atoms with E-state index in [1.807, 2.05) is 55.6 Å². The van der Waals surface area contributed by atoms with Crippen molar-refractivity contribution in [2.75, 3.05) is 33.7 Å². The summed E-state index contributed by atoms with van der Waals surface area (Å²) in [6.07, 6.45) is 11.3. The molecule has 3 amide bonds. The fourth-order valence-electron chi connectivity index (χ4n) is 7.52. The lowest BCUT2D eigenvalue weighted by molar-refractivity contribution is -0.134. The molecule has 1 heterocycles. The van der Waals surface area contributed by atoms with Crippen LogP contribution in [0, 0.1) is 23.2 Å². The van der Waals surface area contributed by atoms with Crippen molar-refractivity contribution >= 4 is 17.7 Å². The van der Waals surface area contributed by atoms with E-state index < -0.39 is 23.6 Å². The zero-order valence-electron chi connectivity index (χ0n) is 28.5. The van der Waals surface area contributed by atoms with Crippen LogP contribution in [0.5, 0.6) is 0 Å². The van der Waals surface area contributed by atoms with Gasteiger partial charge in [0.15, 0.2) is 0 Å². The molecule has 0 aromatic carbocycles. The molecule has 3 rings (SSSR count). The number of nitrogens with one attached hydrogen (secondary N) is 3. The number of aliphatic hydroxyl groups excluding tert-OH is 1. The molecule has 0 aromatic rings. The maximum absolute atomic E-state index is 13.8. The third-order valence-corrected chi connectivity index (χ3v) is 9.72. The van der Waals surface area contributed by atoms with E-state index in [4.69, 9.17) is 0 Å². The molecule has 3 fully saturated rings. The first-order chi connectivity index (χ1) is 20.0. The molecule has 9 nitrogen and oxygen atoms in total. The first-order valence-electron chi connectivity index (χ1n) is 17.0. The molecule has 4 N–H and O–H groups in total. The zero-order chi connectivity index (χ0) is 31.9. The fraction of sp³-hybridized carbons (Fsp3) is 0.912. The van der Waals surface area contributed by atoms with Gasteiger partial charge in [-0.15, -0.1) is 0 Å². The maximum atomic E-state index is 13.8. The largest absolute Gasteiger partial charge is 0.390 e. The van der Waals surface area contributed by atoms with Gasteiger partial charge in [-0.2, -0.15) is 0 Å². The van der Waals surface area contributed by atoms with Crippen molar-refractivity contribution in [3.8, 4) is 0 Å². The van der Waals surface area contributed by atoms with Crippen molar-refractivity contribution < 1.29 is 19.5 Å². The number of likely N-dealkylation sites (N-methyl/N-ethyl adjacent to an activating group) is 1. The quantitative estimate of drug-likeness (QED) is 0.286. The third kappa shape index (κ3) is 11.3. The third-order valence-electron chi connectivity index (χ3n) is 9.72. The minimum atomic E-state index is -0.825. The summed E-state index contributed by atoms with van der Waals surface area (Å²) in [5.74, 6) is 1.11. The van der Waals surface area contributed by atoms with E-state index >= 15 is 0 Å². The molecule has 9 heteroatoms. The summed E-state index contributed by atoms with van der Waals surface area (Å²) in [4.78, 5) is 44.1. The minimum absolute atomic E-state index is 0.0352. The van der Waals surface area contributed by atoms with Crippen molar-refractivity contribution in [3.05, 3.63) is 0 Å². The Kier molecular flexibility index (Phi) is 12.9. The molecule has 0 aromatic heterocycles. The molecule has 2 aliphatic carbocycles. The van der Waals surface area contributed by atoms with E-state index in [-0.39, 0.29) is 35.8 Å². The molecule has 2 saturated carbocycles. The van der Waals surface area contributed by atoms with Crippen molar-refractivity contribution in [3.63, 3.8) is 0 Å². The van der Waals surface area contributed by atoms with E-state index in [2.05, 4.69) is 20.9 Å². The highest BCUT2D eigenvalue weighted by Gasteiger charge is 2.42. The number of carbonyl (C=O) groups excluding carboxylic acids is 3. The first-order valence-corrected chi connectivity index (χ1v) is 17.0. The molecular formula is C34H63N5O4. The number of amides is 3. The monoisotopic (exact) mass is 605 g/mol. The summed E-state index contributed by atoms with van der Waals surface area (Å²) >= 11 is 0. The number of likely N-dealkylation sites (tertiary alicyclic amines) is 1. The Morgan fingerprint density at radius 1 is 0.884 bits per heavy atom. The maximum Gasteiger partial charge on any atom is 0.243 e. The first kappa shape index (κ1) is 35.8. The number of hydrogen-bond donors (Lipinski definition) is 4. The van der Waals surface area contributed by atoms with Crippen molar-refractivity contribution in [1.82, 2.24) is 25.8 Å². The number of rotatable bonds is 11. The van der Waals surface area contributed by atoms with Crippen LogP contribution in [-0.4, -0.2) is 96.1 Å². The van der Waals surface area contributed by atoms with Gasteiger partial charge < -0.3 is 26.0 Å². The molecule has 6 atom stereocenters. The van der Waals surface area contributed by atoms with Gasteiger partial charge in [-0.25, -0.2) is 0 Å². The van der Waals surface area contributed by atoms with Crippen molar-refractivity contribution in [1.29, 1.82) is 0 Å². The summed E-state index contributed by atoms with van der Waals surface area (Å²) in [6.45, 7) is 13.2.